The molecule has 0 amide bonds. The van der Waals surface area contributed by atoms with Gasteiger partial charge in [-0.05, 0) is 65.9 Å². The van der Waals surface area contributed by atoms with Crippen LogP contribution in [0.5, 0.6) is 0 Å². The van der Waals surface area contributed by atoms with E-state index in [2.05, 4.69) is 6.92 Å². The maximum absolute atomic E-state index is 14.7. The SMILES string of the molecule is CCCc1ccc(-c2cc(C)c(/C(F)=C(\F)c3ccc(F)cc3)c(F)c2)cc1. The maximum Gasteiger partial charge on any atom is 0.169 e. The highest BCUT2D eigenvalue weighted by Gasteiger charge is 2.19. The summed E-state index contributed by atoms with van der Waals surface area (Å²) in [5.41, 5.74) is 2.30. The summed E-state index contributed by atoms with van der Waals surface area (Å²) < 4.78 is 56.8. The van der Waals surface area contributed by atoms with Crippen molar-refractivity contribution in [2.24, 2.45) is 0 Å². The second kappa shape index (κ2) is 8.42. The average Bonchev–Trinajstić information content (AvgIpc) is 2.68. The molecule has 0 nitrogen and oxygen atoms in total. The fraction of sp³-hybridized carbons (Fsp3) is 0.167. The van der Waals surface area contributed by atoms with Gasteiger partial charge in [-0.1, -0.05) is 43.7 Å². The summed E-state index contributed by atoms with van der Waals surface area (Å²) in [6, 6.07) is 14.9. The first-order valence-electron chi connectivity index (χ1n) is 9.11. The molecule has 0 N–H and O–H groups in total. The number of halogens is 4. The fourth-order valence-electron chi connectivity index (χ4n) is 3.17. The molecule has 0 atom stereocenters. The van der Waals surface area contributed by atoms with Crippen molar-refractivity contribution < 1.29 is 17.6 Å². The van der Waals surface area contributed by atoms with Gasteiger partial charge >= 0.3 is 0 Å². The third-order valence-electron chi connectivity index (χ3n) is 4.62. The Morgan fingerprint density at radius 3 is 2.00 bits per heavy atom. The van der Waals surface area contributed by atoms with Crippen molar-refractivity contribution in [3.63, 3.8) is 0 Å². The molecular weight excluding hydrogens is 364 g/mol. The van der Waals surface area contributed by atoms with Crippen molar-refractivity contribution in [1.29, 1.82) is 0 Å². The minimum Gasteiger partial charge on any atom is -0.207 e. The second-order valence-electron chi connectivity index (χ2n) is 6.73. The summed E-state index contributed by atoms with van der Waals surface area (Å²) in [4.78, 5) is 0. The molecule has 3 rings (SSSR count). The molecule has 0 bridgehead atoms. The fourth-order valence-corrected chi connectivity index (χ4v) is 3.17. The zero-order valence-corrected chi connectivity index (χ0v) is 15.7. The van der Waals surface area contributed by atoms with Crippen LogP contribution in [0.25, 0.3) is 22.8 Å². The molecule has 0 saturated carbocycles. The van der Waals surface area contributed by atoms with Crippen molar-refractivity contribution in [3.8, 4) is 11.1 Å². The van der Waals surface area contributed by atoms with Crippen molar-refractivity contribution in [1.82, 2.24) is 0 Å². The first kappa shape index (κ1) is 19.9. The van der Waals surface area contributed by atoms with E-state index in [0.717, 1.165) is 42.7 Å². The summed E-state index contributed by atoms with van der Waals surface area (Å²) in [5.74, 6) is -3.93. The van der Waals surface area contributed by atoms with Crippen LogP contribution < -0.4 is 0 Å². The van der Waals surface area contributed by atoms with E-state index in [1.54, 1.807) is 6.07 Å². The Balaban J connectivity index is 1.99. The zero-order chi connectivity index (χ0) is 20.3. The van der Waals surface area contributed by atoms with E-state index in [1.807, 2.05) is 24.3 Å². The minimum atomic E-state index is -1.30. The van der Waals surface area contributed by atoms with Gasteiger partial charge in [0.05, 0.1) is 5.56 Å². The number of aryl methyl sites for hydroxylation is 2. The highest BCUT2D eigenvalue weighted by molar-refractivity contribution is 5.85. The van der Waals surface area contributed by atoms with E-state index >= 15 is 0 Å². The highest BCUT2D eigenvalue weighted by atomic mass is 19.2. The smallest absolute Gasteiger partial charge is 0.169 e. The van der Waals surface area contributed by atoms with Gasteiger partial charge in [0.1, 0.15) is 11.6 Å². The quantitative estimate of drug-likeness (QED) is 0.313. The van der Waals surface area contributed by atoms with E-state index in [0.29, 0.717) is 5.56 Å². The standard InChI is InChI=1S/C24H20F4/c1-3-4-16-5-7-17(8-6-16)19-13-15(2)22(21(26)14-19)24(28)23(27)18-9-11-20(25)12-10-18/h5-14H,3-4H2,1-2H3/b24-23+. The van der Waals surface area contributed by atoms with E-state index in [-0.39, 0.29) is 11.1 Å². The molecule has 0 fully saturated rings. The van der Waals surface area contributed by atoms with Gasteiger partial charge in [0.15, 0.2) is 11.7 Å². The molecule has 0 aliphatic heterocycles. The van der Waals surface area contributed by atoms with Crippen LogP contribution in [-0.2, 0) is 6.42 Å². The molecule has 0 radical (unpaired) electrons. The molecule has 28 heavy (non-hydrogen) atoms. The van der Waals surface area contributed by atoms with E-state index < -0.39 is 28.9 Å². The Bertz CT molecular complexity index is 977. The minimum absolute atomic E-state index is 0.145. The van der Waals surface area contributed by atoms with Crippen LogP contribution in [0.2, 0.25) is 0 Å². The van der Waals surface area contributed by atoms with Gasteiger partial charge in [0.2, 0.25) is 0 Å². The summed E-state index contributed by atoms with van der Waals surface area (Å²) >= 11 is 0. The first-order valence-corrected chi connectivity index (χ1v) is 9.11. The first-order chi connectivity index (χ1) is 13.4. The lowest BCUT2D eigenvalue weighted by molar-refractivity contribution is 0.609. The monoisotopic (exact) mass is 384 g/mol. The molecule has 3 aromatic rings. The highest BCUT2D eigenvalue weighted by Crippen LogP contribution is 2.34. The molecule has 0 saturated heterocycles. The molecular formula is C24H20F4. The van der Waals surface area contributed by atoms with Crippen molar-refractivity contribution in [3.05, 3.63) is 94.6 Å². The molecule has 0 spiro atoms. The molecule has 0 aliphatic carbocycles. The predicted octanol–water partition coefficient (Wildman–Crippen LogP) is 7.66. The second-order valence-corrected chi connectivity index (χ2v) is 6.73. The lowest BCUT2D eigenvalue weighted by atomic mass is 9.96. The number of benzene rings is 3. The zero-order valence-electron chi connectivity index (χ0n) is 15.7. The van der Waals surface area contributed by atoms with Crippen LogP contribution in [0, 0.1) is 18.6 Å². The van der Waals surface area contributed by atoms with E-state index in [1.165, 1.54) is 18.6 Å². The Morgan fingerprint density at radius 1 is 0.786 bits per heavy atom. The van der Waals surface area contributed by atoms with Crippen LogP contribution in [0.15, 0.2) is 60.7 Å². The Kier molecular flexibility index (Phi) is 5.98. The third-order valence-corrected chi connectivity index (χ3v) is 4.62. The van der Waals surface area contributed by atoms with Gasteiger partial charge in [0.25, 0.3) is 0 Å². The van der Waals surface area contributed by atoms with E-state index in [9.17, 15) is 17.6 Å². The molecule has 4 heteroatoms. The van der Waals surface area contributed by atoms with Crippen LogP contribution in [0.4, 0.5) is 17.6 Å². The maximum atomic E-state index is 14.7. The summed E-state index contributed by atoms with van der Waals surface area (Å²) in [6.45, 7) is 3.63. The van der Waals surface area contributed by atoms with Crippen molar-refractivity contribution >= 4 is 11.7 Å². The average molecular weight is 384 g/mol. The topological polar surface area (TPSA) is 0 Å². The van der Waals surface area contributed by atoms with Gasteiger partial charge in [-0.2, -0.15) is 0 Å². The third kappa shape index (κ3) is 4.16. The normalized spacial score (nSPS) is 12.1. The van der Waals surface area contributed by atoms with Gasteiger partial charge < -0.3 is 0 Å². The van der Waals surface area contributed by atoms with Crippen LogP contribution in [-0.4, -0.2) is 0 Å². The lowest BCUT2D eigenvalue weighted by Gasteiger charge is -2.11. The molecule has 144 valence electrons. The summed E-state index contributed by atoms with van der Waals surface area (Å²) in [7, 11) is 0. The molecule has 0 unspecified atom stereocenters. The Labute approximate surface area is 162 Å². The largest absolute Gasteiger partial charge is 0.207 e. The van der Waals surface area contributed by atoms with Gasteiger partial charge in [-0.3, -0.25) is 0 Å². The summed E-state index contributed by atoms with van der Waals surface area (Å²) in [6.07, 6.45) is 2.00. The Morgan fingerprint density at radius 2 is 1.43 bits per heavy atom. The Hall–Kier alpha value is -2.88. The number of hydrogen-bond acceptors (Lipinski definition) is 0. The number of rotatable bonds is 5. The molecule has 0 heterocycles. The van der Waals surface area contributed by atoms with Crippen LogP contribution in [0.3, 0.4) is 0 Å². The van der Waals surface area contributed by atoms with Crippen molar-refractivity contribution in [2.45, 2.75) is 26.7 Å². The predicted molar refractivity (Wildman–Crippen MR) is 106 cm³/mol. The van der Waals surface area contributed by atoms with Crippen molar-refractivity contribution in [2.75, 3.05) is 0 Å². The van der Waals surface area contributed by atoms with Crippen LogP contribution in [0.1, 0.15) is 35.6 Å². The van der Waals surface area contributed by atoms with Gasteiger partial charge in [-0.25, -0.2) is 17.6 Å². The van der Waals surface area contributed by atoms with E-state index in [4.69, 9.17) is 0 Å². The van der Waals surface area contributed by atoms with Crippen LogP contribution >= 0.6 is 0 Å². The summed E-state index contributed by atoms with van der Waals surface area (Å²) in [5, 5.41) is 0. The molecule has 3 aromatic carbocycles. The lowest BCUT2D eigenvalue weighted by Crippen LogP contribution is -1.95. The molecule has 0 aromatic heterocycles. The molecule has 0 aliphatic rings. The van der Waals surface area contributed by atoms with Gasteiger partial charge in [-0.15, -0.1) is 0 Å². The van der Waals surface area contributed by atoms with Gasteiger partial charge in [0, 0.05) is 5.56 Å². The number of hydrogen-bond donors (Lipinski definition) is 0.